The zero-order valence-corrected chi connectivity index (χ0v) is 17.4. The molecule has 30 heavy (non-hydrogen) atoms. The number of aryl methyl sites for hydroxylation is 1. The van der Waals surface area contributed by atoms with Crippen molar-refractivity contribution in [3.8, 4) is 11.4 Å². The van der Waals surface area contributed by atoms with Gasteiger partial charge in [-0.05, 0) is 37.1 Å². The molecule has 1 N–H and O–H groups in total. The Morgan fingerprint density at radius 2 is 1.90 bits per heavy atom. The van der Waals surface area contributed by atoms with Crippen LogP contribution in [0.1, 0.15) is 25.1 Å². The van der Waals surface area contributed by atoms with Crippen molar-refractivity contribution in [2.75, 3.05) is 4.72 Å². The van der Waals surface area contributed by atoms with E-state index in [0.717, 1.165) is 44.1 Å². The molecule has 156 valence electrons. The first-order valence-electron chi connectivity index (χ1n) is 9.35. The van der Waals surface area contributed by atoms with Crippen LogP contribution in [-0.4, -0.2) is 28.1 Å². The average molecular weight is 448 g/mol. The fourth-order valence-electron chi connectivity index (χ4n) is 3.49. The molecule has 9 nitrogen and oxygen atoms in total. The molecule has 11 heteroatoms. The number of hydrogen-bond donors (Lipinski definition) is 1. The van der Waals surface area contributed by atoms with E-state index in [-0.39, 0.29) is 5.69 Å². The summed E-state index contributed by atoms with van der Waals surface area (Å²) >= 11 is 6.38. The predicted molar refractivity (Wildman–Crippen MR) is 112 cm³/mol. The van der Waals surface area contributed by atoms with E-state index in [2.05, 4.69) is 14.9 Å². The van der Waals surface area contributed by atoms with Gasteiger partial charge in [0.05, 0.1) is 9.95 Å². The number of nitrogens with zero attached hydrogens (tertiary/aromatic N) is 4. The Hall–Kier alpha value is -2.98. The number of nitrogens with one attached hydrogen (secondary N) is 1. The highest BCUT2D eigenvalue weighted by atomic mass is 35.5. The molecule has 0 bridgehead atoms. The third-order valence-electron chi connectivity index (χ3n) is 4.92. The first-order chi connectivity index (χ1) is 14.4. The summed E-state index contributed by atoms with van der Waals surface area (Å²) in [6.07, 6.45) is 3.97. The fourth-order valence-corrected chi connectivity index (χ4v) is 4.91. The Kier molecular flexibility index (Phi) is 5.44. The number of sulfonamides is 1. The van der Waals surface area contributed by atoms with Crippen LogP contribution in [0.4, 0.5) is 11.4 Å². The van der Waals surface area contributed by atoms with Gasteiger partial charge in [-0.2, -0.15) is 0 Å². The second-order valence-corrected chi connectivity index (χ2v) is 8.99. The van der Waals surface area contributed by atoms with Gasteiger partial charge >= 0.3 is 0 Å². The van der Waals surface area contributed by atoms with Crippen LogP contribution in [0.25, 0.3) is 11.4 Å². The van der Waals surface area contributed by atoms with Gasteiger partial charge < -0.3 is 4.57 Å². The lowest BCUT2D eigenvalue weighted by Crippen LogP contribution is -2.14. The molecule has 4 rings (SSSR count). The van der Waals surface area contributed by atoms with Crippen molar-refractivity contribution in [3.05, 3.63) is 63.4 Å². The van der Waals surface area contributed by atoms with Crippen molar-refractivity contribution in [1.29, 1.82) is 0 Å². The molecule has 0 aliphatic carbocycles. The highest BCUT2D eigenvalue weighted by Gasteiger charge is 2.26. The van der Waals surface area contributed by atoms with Crippen LogP contribution in [-0.2, 0) is 23.0 Å². The minimum atomic E-state index is -4.19. The zero-order valence-electron chi connectivity index (χ0n) is 15.8. The number of para-hydroxylation sites is 1. The summed E-state index contributed by atoms with van der Waals surface area (Å²) in [6, 6.07) is 9.80. The molecule has 1 aliphatic heterocycles. The Morgan fingerprint density at radius 1 is 1.10 bits per heavy atom. The van der Waals surface area contributed by atoms with Crippen LogP contribution in [0.2, 0.25) is 5.02 Å². The normalized spacial score (nSPS) is 14.0. The molecular formula is C19H18ClN5O4S. The number of rotatable bonds is 5. The molecule has 0 unspecified atom stereocenters. The molecule has 0 atom stereocenters. The summed E-state index contributed by atoms with van der Waals surface area (Å²) in [5, 5.41) is 20.1. The van der Waals surface area contributed by atoms with Gasteiger partial charge in [0.1, 0.15) is 5.82 Å². The SMILES string of the molecule is O=[N+]([O-])c1ccccc1S(=O)(=O)Nc1ccc(Cl)c(-c2nnc3n2CCCCC3)c1. The smallest absolute Gasteiger partial charge is 0.289 e. The van der Waals surface area contributed by atoms with Gasteiger partial charge in [0, 0.05) is 30.3 Å². The largest absolute Gasteiger partial charge is 0.311 e. The minimum absolute atomic E-state index is 0.221. The second-order valence-electron chi connectivity index (χ2n) is 6.93. The van der Waals surface area contributed by atoms with E-state index in [1.54, 1.807) is 12.1 Å². The molecule has 0 fully saturated rings. The van der Waals surface area contributed by atoms with Crippen LogP contribution >= 0.6 is 11.6 Å². The third-order valence-corrected chi connectivity index (χ3v) is 6.68. The van der Waals surface area contributed by atoms with Crippen LogP contribution in [0, 0.1) is 10.1 Å². The molecule has 0 saturated heterocycles. The van der Waals surface area contributed by atoms with Gasteiger partial charge in [0.25, 0.3) is 15.7 Å². The highest BCUT2D eigenvalue weighted by molar-refractivity contribution is 7.92. The Morgan fingerprint density at radius 3 is 2.70 bits per heavy atom. The number of halogens is 1. The van der Waals surface area contributed by atoms with E-state index >= 15 is 0 Å². The van der Waals surface area contributed by atoms with Gasteiger partial charge in [-0.25, -0.2) is 8.42 Å². The van der Waals surface area contributed by atoms with E-state index < -0.39 is 25.5 Å². The summed E-state index contributed by atoms with van der Waals surface area (Å²) < 4.78 is 30.0. The van der Waals surface area contributed by atoms with E-state index in [0.29, 0.717) is 16.4 Å². The summed E-state index contributed by atoms with van der Waals surface area (Å²) in [5.74, 6) is 1.45. The maximum absolute atomic E-state index is 12.8. The number of nitro groups is 1. The summed E-state index contributed by atoms with van der Waals surface area (Å²) in [4.78, 5) is 10.1. The van der Waals surface area contributed by atoms with Crippen molar-refractivity contribution in [2.24, 2.45) is 0 Å². The number of hydrogen-bond acceptors (Lipinski definition) is 6. The summed E-state index contributed by atoms with van der Waals surface area (Å²) in [6.45, 7) is 0.764. The molecule has 2 heterocycles. The Labute approximate surface area is 177 Å². The van der Waals surface area contributed by atoms with Crippen LogP contribution < -0.4 is 4.72 Å². The van der Waals surface area contributed by atoms with Crippen molar-refractivity contribution in [2.45, 2.75) is 37.1 Å². The molecule has 1 aromatic heterocycles. The number of anilines is 1. The monoisotopic (exact) mass is 447 g/mol. The summed E-state index contributed by atoms with van der Waals surface area (Å²) in [5.41, 5.74) is 0.264. The molecule has 2 aromatic carbocycles. The van der Waals surface area contributed by atoms with Crippen LogP contribution in [0.5, 0.6) is 0 Å². The van der Waals surface area contributed by atoms with Gasteiger partial charge in [-0.3, -0.25) is 14.8 Å². The van der Waals surface area contributed by atoms with Gasteiger partial charge in [-0.1, -0.05) is 30.2 Å². The van der Waals surface area contributed by atoms with Crippen molar-refractivity contribution in [3.63, 3.8) is 0 Å². The lowest BCUT2D eigenvalue weighted by atomic mass is 10.2. The number of fused-ring (bicyclic) bond motifs is 1. The van der Waals surface area contributed by atoms with Gasteiger partial charge in [0.15, 0.2) is 10.7 Å². The van der Waals surface area contributed by atoms with Gasteiger partial charge in [-0.15, -0.1) is 10.2 Å². The number of aromatic nitrogens is 3. The first kappa shape index (κ1) is 20.3. The first-order valence-corrected chi connectivity index (χ1v) is 11.2. The summed E-state index contributed by atoms with van der Waals surface area (Å²) in [7, 11) is -4.19. The number of nitro benzene ring substituents is 1. The lowest BCUT2D eigenvalue weighted by Gasteiger charge is -2.12. The molecule has 1 aliphatic rings. The van der Waals surface area contributed by atoms with E-state index in [4.69, 9.17) is 11.6 Å². The Balaban J connectivity index is 1.72. The minimum Gasteiger partial charge on any atom is -0.311 e. The zero-order chi connectivity index (χ0) is 21.3. The van der Waals surface area contributed by atoms with E-state index in [9.17, 15) is 18.5 Å². The maximum Gasteiger partial charge on any atom is 0.289 e. The standard InChI is InChI=1S/C19H18ClN5O4S/c20-15-10-9-13(23-30(28,29)17-7-4-3-6-16(17)25(26)27)12-14(15)19-22-21-18-8-2-1-5-11-24(18)19/h3-4,6-7,9-10,12,23H,1-2,5,8,11H2. The maximum atomic E-state index is 12.8. The molecule has 3 aromatic rings. The van der Waals surface area contributed by atoms with Crippen molar-refractivity contribution in [1.82, 2.24) is 14.8 Å². The quantitative estimate of drug-likeness (QED) is 0.465. The topological polar surface area (TPSA) is 120 Å². The molecule has 0 saturated carbocycles. The molecule has 0 spiro atoms. The van der Waals surface area contributed by atoms with Crippen LogP contribution in [0.3, 0.4) is 0 Å². The average Bonchev–Trinajstić information content (AvgIpc) is 2.97. The van der Waals surface area contributed by atoms with Crippen molar-refractivity contribution < 1.29 is 13.3 Å². The van der Waals surface area contributed by atoms with Crippen LogP contribution in [0.15, 0.2) is 47.4 Å². The van der Waals surface area contributed by atoms with E-state index in [1.165, 1.54) is 24.3 Å². The number of benzene rings is 2. The highest BCUT2D eigenvalue weighted by Crippen LogP contribution is 2.33. The molecule has 0 amide bonds. The lowest BCUT2D eigenvalue weighted by molar-refractivity contribution is -0.387. The third kappa shape index (κ3) is 3.88. The molecule has 0 radical (unpaired) electrons. The van der Waals surface area contributed by atoms with Crippen molar-refractivity contribution >= 4 is 33.0 Å². The molecular weight excluding hydrogens is 430 g/mol. The van der Waals surface area contributed by atoms with E-state index in [1.807, 2.05) is 4.57 Å². The fraction of sp³-hybridized carbons (Fsp3) is 0.263. The van der Waals surface area contributed by atoms with Gasteiger partial charge in [0.2, 0.25) is 0 Å². The predicted octanol–water partition coefficient (Wildman–Crippen LogP) is 4.03. The Bertz CT molecular complexity index is 1230. The second kappa shape index (κ2) is 8.04.